The molecule has 122 valence electrons. The summed E-state index contributed by atoms with van der Waals surface area (Å²) in [6, 6.07) is 3.11. The molecule has 7 heteroatoms. The molecule has 5 nitrogen and oxygen atoms in total. The van der Waals surface area contributed by atoms with Crippen LogP contribution in [-0.4, -0.2) is 42.1 Å². The van der Waals surface area contributed by atoms with E-state index >= 15 is 0 Å². The number of aliphatic carboxylic acids is 1. The fourth-order valence-corrected chi connectivity index (χ4v) is 2.38. The molecule has 0 saturated carbocycles. The van der Waals surface area contributed by atoms with Crippen molar-refractivity contribution in [2.75, 3.05) is 19.0 Å². The summed E-state index contributed by atoms with van der Waals surface area (Å²) in [5.74, 6) is -1.09. The molecule has 1 rings (SSSR count). The van der Waals surface area contributed by atoms with Gasteiger partial charge in [0.1, 0.15) is 6.04 Å². The average Bonchev–Trinajstić information content (AvgIpc) is 2.36. The van der Waals surface area contributed by atoms with Gasteiger partial charge < -0.3 is 10.0 Å². The summed E-state index contributed by atoms with van der Waals surface area (Å²) < 4.78 is 0. The molecule has 0 bridgehead atoms. The Morgan fingerprint density at radius 1 is 1.14 bits per heavy atom. The molecule has 0 radical (unpaired) electrons. The van der Waals surface area contributed by atoms with Gasteiger partial charge >= 0.3 is 12.0 Å². The molecule has 0 aliphatic carbocycles. The minimum Gasteiger partial charge on any atom is -0.480 e. The van der Waals surface area contributed by atoms with E-state index < -0.39 is 23.5 Å². The van der Waals surface area contributed by atoms with Gasteiger partial charge in [-0.2, -0.15) is 0 Å². The highest BCUT2D eigenvalue weighted by molar-refractivity contribution is 6.42. The van der Waals surface area contributed by atoms with Crippen molar-refractivity contribution in [1.82, 2.24) is 4.90 Å². The molecule has 0 aliphatic heterocycles. The van der Waals surface area contributed by atoms with Crippen LogP contribution in [0.15, 0.2) is 18.2 Å². The van der Waals surface area contributed by atoms with Gasteiger partial charge in [0.15, 0.2) is 0 Å². The number of benzene rings is 1. The first-order valence-corrected chi connectivity index (χ1v) is 7.40. The minimum absolute atomic E-state index is 0.258. The monoisotopic (exact) mass is 346 g/mol. The Morgan fingerprint density at radius 2 is 1.68 bits per heavy atom. The number of amides is 2. The quantitative estimate of drug-likeness (QED) is 0.900. The van der Waals surface area contributed by atoms with E-state index in [-0.39, 0.29) is 5.02 Å². The summed E-state index contributed by atoms with van der Waals surface area (Å²) in [4.78, 5) is 26.9. The zero-order chi connectivity index (χ0) is 17.2. The molecule has 0 fully saturated rings. The van der Waals surface area contributed by atoms with Crippen molar-refractivity contribution < 1.29 is 14.7 Å². The summed E-state index contributed by atoms with van der Waals surface area (Å²) in [5, 5.41) is 10.2. The second-order valence-electron chi connectivity index (χ2n) is 6.25. The Kier molecular flexibility index (Phi) is 5.70. The molecule has 0 spiro atoms. The fraction of sp³-hybridized carbons (Fsp3) is 0.467. The summed E-state index contributed by atoms with van der Waals surface area (Å²) in [7, 11) is 3.13. The third-order valence-electron chi connectivity index (χ3n) is 3.08. The first-order valence-electron chi connectivity index (χ1n) is 6.65. The number of carbonyl (C=O) groups excluding carboxylic acids is 1. The standard InChI is InChI=1S/C15H20Cl2N2O3/c1-15(2,3)12(13(20)21)19(14(22)18(4)5)9-6-7-10(16)11(17)8-9/h6-8,12H,1-5H3,(H,20,21). The number of carboxylic acids is 1. The number of nitrogens with zero attached hydrogens (tertiary/aromatic N) is 2. The molecule has 1 aromatic carbocycles. The van der Waals surface area contributed by atoms with Gasteiger partial charge in [0, 0.05) is 19.8 Å². The van der Waals surface area contributed by atoms with Crippen LogP contribution in [0.5, 0.6) is 0 Å². The number of halogens is 2. The molecule has 0 aliphatic rings. The zero-order valence-corrected chi connectivity index (χ0v) is 14.7. The number of hydrogen-bond acceptors (Lipinski definition) is 2. The van der Waals surface area contributed by atoms with Crippen LogP contribution in [-0.2, 0) is 4.79 Å². The molecule has 22 heavy (non-hydrogen) atoms. The largest absolute Gasteiger partial charge is 0.480 e. The molecule has 0 saturated heterocycles. The Bertz CT molecular complexity index is 583. The summed E-state index contributed by atoms with van der Waals surface area (Å²) in [5.41, 5.74) is -0.292. The van der Waals surface area contributed by atoms with Gasteiger partial charge in [-0.25, -0.2) is 9.59 Å². The maximum Gasteiger partial charge on any atom is 0.327 e. The van der Waals surface area contributed by atoms with E-state index in [1.165, 1.54) is 21.9 Å². The van der Waals surface area contributed by atoms with Gasteiger partial charge in [0.2, 0.25) is 0 Å². The normalized spacial score (nSPS) is 12.7. The Labute approximate surface area is 140 Å². The SMILES string of the molecule is CN(C)C(=O)N(c1ccc(Cl)c(Cl)c1)C(C(=O)O)C(C)(C)C. The first-order chi connectivity index (χ1) is 9.96. The highest BCUT2D eigenvalue weighted by Crippen LogP contribution is 2.33. The Balaban J connectivity index is 3.49. The molecule has 1 atom stereocenters. The predicted octanol–water partition coefficient (Wildman–Crippen LogP) is 3.98. The van der Waals surface area contributed by atoms with E-state index in [0.717, 1.165) is 0 Å². The number of urea groups is 1. The molecule has 1 unspecified atom stereocenters. The van der Waals surface area contributed by atoms with E-state index in [1.54, 1.807) is 40.9 Å². The van der Waals surface area contributed by atoms with E-state index in [2.05, 4.69) is 0 Å². The number of carbonyl (C=O) groups is 2. The lowest BCUT2D eigenvalue weighted by atomic mass is 9.85. The second-order valence-corrected chi connectivity index (χ2v) is 7.07. The van der Waals surface area contributed by atoms with Crippen molar-refractivity contribution in [3.05, 3.63) is 28.2 Å². The van der Waals surface area contributed by atoms with E-state index in [9.17, 15) is 14.7 Å². The van der Waals surface area contributed by atoms with Crippen LogP contribution in [0.1, 0.15) is 20.8 Å². The molecule has 0 aromatic heterocycles. The third kappa shape index (κ3) is 4.05. The molecule has 1 aromatic rings. The molecular weight excluding hydrogens is 327 g/mol. The number of rotatable bonds is 3. The molecule has 1 N–H and O–H groups in total. The first kappa shape index (κ1) is 18.6. The van der Waals surface area contributed by atoms with Gasteiger partial charge in [0.25, 0.3) is 0 Å². The van der Waals surface area contributed by atoms with Crippen LogP contribution in [0.2, 0.25) is 10.0 Å². The van der Waals surface area contributed by atoms with E-state index in [0.29, 0.717) is 10.7 Å². The lowest BCUT2D eigenvalue weighted by Crippen LogP contribution is -2.55. The third-order valence-corrected chi connectivity index (χ3v) is 3.82. The highest BCUT2D eigenvalue weighted by atomic mass is 35.5. The van der Waals surface area contributed by atoms with Crippen molar-refractivity contribution in [2.45, 2.75) is 26.8 Å². The lowest BCUT2D eigenvalue weighted by Gasteiger charge is -2.38. The van der Waals surface area contributed by atoms with Crippen LogP contribution in [0.25, 0.3) is 0 Å². The number of carboxylic acid groups (broad SMARTS) is 1. The van der Waals surface area contributed by atoms with Crippen LogP contribution in [0.4, 0.5) is 10.5 Å². The maximum atomic E-state index is 12.5. The summed E-state index contributed by atoms with van der Waals surface area (Å²) in [6.07, 6.45) is 0. The van der Waals surface area contributed by atoms with Crippen molar-refractivity contribution in [1.29, 1.82) is 0 Å². The highest BCUT2D eigenvalue weighted by Gasteiger charge is 2.40. The van der Waals surface area contributed by atoms with Crippen molar-refractivity contribution in [2.24, 2.45) is 5.41 Å². The van der Waals surface area contributed by atoms with E-state index in [4.69, 9.17) is 23.2 Å². The molecule has 2 amide bonds. The van der Waals surface area contributed by atoms with Gasteiger partial charge in [-0.3, -0.25) is 4.90 Å². The summed E-state index contributed by atoms with van der Waals surface area (Å²) >= 11 is 11.9. The van der Waals surface area contributed by atoms with Gasteiger partial charge in [0.05, 0.1) is 10.0 Å². The lowest BCUT2D eigenvalue weighted by molar-refractivity contribution is -0.141. The average molecular weight is 347 g/mol. The number of hydrogen-bond donors (Lipinski definition) is 1. The van der Waals surface area contributed by atoms with Crippen LogP contribution in [0.3, 0.4) is 0 Å². The van der Waals surface area contributed by atoms with Gasteiger partial charge in [-0.05, 0) is 23.6 Å². The minimum atomic E-state index is -1.09. The number of anilines is 1. The summed E-state index contributed by atoms with van der Waals surface area (Å²) in [6.45, 7) is 5.29. The van der Waals surface area contributed by atoms with Crippen molar-refractivity contribution in [3.8, 4) is 0 Å². The van der Waals surface area contributed by atoms with Crippen molar-refractivity contribution in [3.63, 3.8) is 0 Å². The van der Waals surface area contributed by atoms with Crippen LogP contribution >= 0.6 is 23.2 Å². The van der Waals surface area contributed by atoms with E-state index in [1.807, 2.05) is 0 Å². The predicted molar refractivity (Wildman–Crippen MR) is 88.9 cm³/mol. The second kappa shape index (κ2) is 6.75. The fourth-order valence-electron chi connectivity index (χ4n) is 2.09. The Morgan fingerprint density at radius 3 is 2.05 bits per heavy atom. The zero-order valence-electron chi connectivity index (χ0n) is 13.2. The van der Waals surface area contributed by atoms with Crippen molar-refractivity contribution >= 4 is 40.9 Å². The van der Waals surface area contributed by atoms with Gasteiger partial charge in [-0.1, -0.05) is 44.0 Å². The van der Waals surface area contributed by atoms with Crippen LogP contribution < -0.4 is 4.90 Å². The Hall–Kier alpha value is -1.46. The smallest absolute Gasteiger partial charge is 0.327 e. The molecular formula is C15H20Cl2N2O3. The topological polar surface area (TPSA) is 60.9 Å². The van der Waals surface area contributed by atoms with Gasteiger partial charge in [-0.15, -0.1) is 0 Å². The maximum absolute atomic E-state index is 12.5. The van der Waals surface area contributed by atoms with Crippen LogP contribution in [0, 0.1) is 5.41 Å². The molecule has 0 heterocycles.